The summed E-state index contributed by atoms with van der Waals surface area (Å²) in [6, 6.07) is 7.16. The molecule has 0 radical (unpaired) electrons. The van der Waals surface area contributed by atoms with Crippen LogP contribution in [0.15, 0.2) is 45.2 Å². The van der Waals surface area contributed by atoms with Crippen molar-refractivity contribution in [2.45, 2.75) is 10.1 Å². The molecule has 0 fully saturated rings. The van der Waals surface area contributed by atoms with Gasteiger partial charge in [0.1, 0.15) is 12.3 Å². The molecule has 5 heteroatoms. The van der Waals surface area contributed by atoms with E-state index in [1.807, 2.05) is 0 Å². The van der Waals surface area contributed by atoms with E-state index in [1.54, 1.807) is 24.4 Å². The molecule has 0 atom stereocenters. The summed E-state index contributed by atoms with van der Waals surface area (Å²) in [5.41, 5.74) is 0.558. The lowest BCUT2D eigenvalue weighted by Gasteiger charge is -2.00. The van der Waals surface area contributed by atoms with E-state index in [0.29, 0.717) is 15.8 Å². The van der Waals surface area contributed by atoms with E-state index in [0.717, 1.165) is 4.90 Å². The van der Waals surface area contributed by atoms with Gasteiger partial charge in [-0.05, 0) is 30.0 Å². The van der Waals surface area contributed by atoms with E-state index in [1.165, 1.54) is 18.0 Å². The van der Waals surface area contributed by atoms with Crippen LogP contribution in [0.1, 0.15) is 5.56 Å². The summed E-state index contributed by atoms with van der Waals surface area (Å²) in [6.45, 7) is 0. The smallest absolute Gasteiger partial charge is 0.260 e. The maximum absolute atomic E-state index is 8.88. The van der Waals surface area contributed by atoms with Crippen LogP contribution >= 0.6 is 23.4 Å². The maximum Gasteiger partial charge on any atom is 0.260 e. The second-order valence-electron chi connectivity index (χ2n) is 2.65. The zero-order valence-electron chi connectivity index (χ0n) is 7.48. The highest BCUT2D eigenvalue weighted by atomic mass is 35.5. The van der Waals surface area contributed by atoms with Crippen LogP contribution in [-0.4, -0.2) is 4.98 Å². The average Bonchev–Trinajstić information content (AvgIpc) is 2.71. The lowest BCUT2D eigenvalue weighted by Crippen LogP contribution is -1.81. The van der Waals surface area contributed by atoms with Crippen LogP contribution in [0, 0.1) is 11.3 Å². The molecular weight excluding hydrogens is 232 g/mol. The Morgan fingerprint density at radius 2 is 2.33 bits per heavy atom. The molecule has 0 N–H and O–H groups in total. The monoisotopic (exact) mass is 236 g/mol. The number of benzene rings is 1. The molecule has 1 aromatic carbocycles. The summed E-state index contributed by atoms with van der Waals surface area (Å²) in [5.74, 6) is 0. The molecule has 2 aromatic rings. The SMILES string of the molecule is N#Cc1ccc(Cl)cc1Sc1ncco1. The maximum atomic E-state index is 8.88. The minimum Gasteiger partial charge on any atom is -0.440 e. The zero-order chi connectivity index (χ0) is 10.7. The molecule has 2 rings (SSSR count). The minimum absolute atomic E-state index is 0.494. The number of oxazole rings is 1. The third-order valence-corrected chi connectivity index (χ3v) is 2.84. The summed E-state index contributed by atoms with van der Waals surface area (Å²) >= 11 is 7.12. The lowest BCUT2D eigenvalue weighted by molar-refractivity contribution is 0.454. The molecule has 15 heavy (non-hydrogen) atoms. The Labute approximate surface area is 95.7 Å². The number of rotatable bonds is 2. The quantitative estimate of drug-likeness (QED) is 0.802. The van der Waals surface area contributed by atoms with Gasteiger partial charge in [-0.1, -0.05) is 11.6 Å². The van der Waals surface area contributed by atoms with Crippen molar-refractivity contribution in [3.05, 3.63) is 41.2 Å². The van der Waals surface area contributed by atoms with Gasteiger partial charge >= 0.3 is 0 Å². The molecule has 0 spiro atoms. The predicted octanol–water partition coefficient (Wildman–Crippen LogP) is 3.35. The number of aromatic nitrogens is 1. The van der Waals surface area contributed by atoms with Crippen LogP contribution in [-0.2, 0) is 0 Å². The number of hydrogen-bond acceptors (Lipinski definition) is 4. The molecule has 0 aliphatic carbocycles. The van der Waals surface area contributed by atoms with Crippen molar-refractivity contribution in [1.82, 2.24) is 4.98 Å². The van der Waals surface area contributed by atoms with Gasteiger partial charge in [0.05, 0.1) is 11.8 Å². The van der Waals surface area contributed by atoms with Crippen LogP contribution in [0.25, 0.3) is 0 Å². The molecule has 3 nitrogen and oxygen atoms in total. The lowest BCUT2D eigenvalue weighted by atomic mass is 10.2. The largest absolute Gasteiger partial charge is 0.440 e. The first-order valence-corrected chi connectivity index (χ1v) is 5.26. The van der Waals surface area contributed by atoms with E-state index >= 15 is 0 Å². The van der Waals surface area contributed by atoms with Crippen molar-refractivity contribution < 1.29 is 4.42 Å². The van der Waals surface area contributed by atoms with Crippen LogP contribution in [0.4, 0.5) is 0 Å². The van der Waals surface area contributed by atoms with Gasteiger partial charge in [0.15, 0.2) is 0 Å². The van der Waals surface area contributed by atoms with E-state index < -0.39 is 0 Å². The first-order valence-electron chi connectivity index (χ1n) is 4.06. The number of halogens is 1. The molecule has 1 aromatic heterocycles. The third kappa shape index (κ3) is 2.32. The van der Waals surface area contributed by atoms with E-state index in [2.05, 4.69) is 11.1 Å². The Hall–Kier alpha value is -1.44. The Bertz CT molecular complexity index is 505. The van der Waals surface area contributed by atoms with E-state index in [4.69, 9.17) is 21.3 Å². The van der Waals surface area contributed by atoms with Gasteiger partial charge in [0.25, 0.3) is 5.22 Å². The minimum atomic E-state index is 0.494. The predicted molar refractivity (Wildman–Crippen MR) is 56.8 cm³/mol. The normalized spacial score (nSPS) is 9.87. The third-order valence-electron chi connectivity index (χ3n) is 1.67. The average molecular weight is 237 g/mol. The molecule has 74 valence electrons. The van der Waals surface area contributed by atoms with Gasteiger partial charge in [-0.15, -0.1) is 0 Å². The standard InChI is InChI=1S/C10H5ClN2OS/c11-8-2-1-7(6-12)9(5-8)15-10-13-3-4-14-10/h1-5H. The molecule has 0 aliphatic heterocycles. The number of nitriles is 1. The highest BCUT2D eigenvalue weighted by Gasteiger charge is 2.07. The first kappa shape index (κ1) is 10.1. The first-order chi connectivity index (χ1) is 7.29. The van der Waals surface area contributed by atoms with Gasteiger partial charge in [-0.25, -0.2) is 4.98 Å². The molecule has 1 heterocycles. The van der Waals surface area contributed by atoms with Crippen LogP contribution in [0.5, 0.6) is 0 Å². The van der Waals surface area contributed by atoms with Gasteiger partial charge in [0, 0.05) is 9.92 Å². The van der Waals surface area contributed by atoms with Crippen molar-refractivity contribution in [3.63, 3.8) is 0 Å². The molecule has 0 unspecified atom stereocenters. The second-order valence-corrected chi connectivity index (χ2v) is 4.08. The summed E-state index contributed by atoms with van der Waals surface area (Å²) < 4.78 is 5.08. The fourth-order valence-corrected chi connectivity index (χ4v) is 2.08. The van der Waals surface area contributed by atoms with Gasteiger partial charge in [0.2, 0.25) is 0 Å². The summed E-state index contributed by atoms with van der Waals surface area (Å²) in [6.07, 6.45) is 3.04. The summed E-state index contributed by atoms with van der Waals surface area (Å²) in [5, 5.41) is 9.96. The van der Waals surface area contributed by atoms with Gasteiger partial charge < -0.3 is 4.42 Å². The highest BCUT2D eigenvalue weighted by molar-refractivity contribution is 7.99. The van der Waals surface area contributed by atoms with Crippen molar-refractivity contribution in [1.29, 1.82) is 5.26 Å². The molecule has 0 amide bonds. The van der Waals surface area contributed by atoms with Crippen molar-refractivity contribution >= 4 is 23.4 Å². The van der Waals surface area contributed by atoms with E-state index in [-0.39, 0.29) is 0 Å². The molecular formula is C10H5ClN2OS. The summed E-state index contributed by atoms with van der Waals surface area (Å²) in [7, 11) is 0. The zero-order valence-corrected chi connectivity index (χ0v) is 9.05. The summed E-state index contributed by atoms with van der Waals surface area (Å²) in [4.78, 5) is 4.70. The number of hydrogen-bond donors (Lipinski definition) is 0. The van der Waals surface area contributed by atoms with E-state index in [9.17, 15) is 0 Å². The highest BCUT2D eigenvalue weighted by Crippen LogP contribution is 2.30. The molecule has 0 saturated heterocycles. The van der Waals surface area contributed by atoms with Crippen molar-refractivity contribution in [2.75, 3.05) is 0 Å². The fourth-order valence-electron chi connectivity index (χ4n) is 1.03. The van der Waals surface area contributed by atoms with Crippen LogP contribution < -0.4 is 0 Å². The Morgan fingerprint density at radius 1 is 1.47 bits per heavy atom. The Kier molecular flexibility index (Phi) is 2.95. The molecule has 0 aliphatic rings. The number of nitrogens with zero attached hydrogens (tertiary/aromatic N) is 2. The fraction of sp³-hybridized carbons (Fsp3) is 0. The topological polar surface area (TPSA) is 49.8 Å². The van der Waals surface area contributed by atoms with Crippen molar-refractivity contribution in [3.8, 4) is 6.07 Å². The second kappa shape index (κ2) is 4.39. The van der Waals surface area contributed by atoms with Crippen molar-refractivity contribution in [2.24, 2.45) is 0 Å². The molecule has 0 bridgehead atoms. The molecule has 0 saturated carbocycles. The van der Waals surface area contributed by atoms with Crippen LogP contribution in [0.3, 0.4) is 0 Å². The Morgan fingerprint density at radius 3 is 3.00 bits per heavy atom. The van der Waals surface area contributed by atoms with Gasteiger partial charge in [-0.3, -0.25) is 0 Å². The van der Waals surface area contributed by atoms with Crippen LogP contribution in [0.2, 0.25) is 5.02 Å². The Balaban J connectivity index is 2.35. The van der Waals surface area contributed by atoms with Gasteiger partial charge in [-0.2, -0.15) is 5.26 Å².